The number of carbonyl (C=O) groups excluding carboxylic acids is 1. The third-order valence-corrected chi connectivity index (χ3v) is 1.93. The fourth-order valence-electron chi connectivity index (χ4n) is 1.56. The Kier molecular flexibility index (Phi) is 2.44. The normalized spacial score (nSPS) is 41.2. The SMILES string of the molecule is CC1CC(C)OC(C=O)C1. The van der Waals surface area contributed by atoms with E-state index in [1.54, 1.807) is 0 Å². The maximum Gasteiger partial charge on any atom is 0.148 e. The summed E-state index contributed by atoms with van der Waals surface area (Å²) in [6.45, 7) is 4.18. The minimum atomic E-state index is -0.140. The van der Waals surface area contributed by atoms with Gasteiger partial charge in [-0.15, -0.1) is 0 Å². The second-order valence-corrected chi connectivity index (χ2v) is 3.20. The molecule has 0 N–H and O–H groups in total. The van der Waals surface area contributed by atoms with E-state index in [0.717, 1.165) is 19.1 Å². The molecule has 0 aliphatic carbocycles. The van der Waals surface area contributed by atoms with Gasteiger partial charge in [0.25, 0.3) is 0 Å². The highest BCUT2D eigenvalue weighted by molar-refractivity contribution is 5.56. The largest absolute Gasteiger partial charge is 0.368 e. The lowest BCUT2D eigenvalue weighted by molar-refractivity contribution is -0.128. The first kappa shape index (κ1) is 7.73. The molecule has 0 saturated carbocycles. The van der Waals surface area contributed by atoms with E-state index in [0.29, 0.717) is 5.92 Å². The zero-order chi connectivity index (χ0) is 7.56. The van der Waals surface area contributed by atoms with Crippen molar-refractivity contribution in [1.29, 1.82) is 0 Å². The van der Waals surface area contributed by atoms with Gasteiger partial charge in [-0.3, -0.25) is 0 Å². The Morgan fingerprint density at radius 2 is 2.10 bits per heavy atom. The van der Waals surface area contributed by atoms with Crippen LogP contribution in [-0.2, 0) is 9.53 Å². The van der Waals surface area contributed by atoms with Crippen LogP contribution in [-0.4, -0.2) is 18.5 Å². The lowest BCUT2D eigenvalue weighted by atomic mass is 9.94. The molecule has 0 spiro atoms. The van der Waals surface area contributed by atoms with Gasteiger partial charge in [0.1, 0.15) is 12.4 Å². The van der Waals surface area contributed by atoms with Gasteiger partial charge in [0.2, 0.25) is 0 Å². The number of aldehydes is 1. The van der Waals surface area contributed by atoms with Crippen LogP contribution in [0.25, 0.3) is 0 Å². The van der Waals surface area contributed by atoms with E-state index in [9.17, 15) is 4.79 Å². The van der Waals surface area contributed by atoms with E-state index in [1.165, 1.54) is 0 Å². The summed E-state index contributed by atoms with van der Waals surface area (Å²) in [5, 5.41) is 0. The number of hydrogen-bond acceptors (Lipinski definition) is 2. The summed E-state index contributed by atoms with van der Waals surface area (Å²) in [4.78, 5) is 10.3. The summed E-state index contributed by atoms with van der Waals surface area (Å²) in [6.07, 6.45) is 3.02. The van der Waals surface area contributed by atoms with Gasteiger partial charge in [-0.2, -0.15) is 0 Å². The minimum Gasteiger partial charge on any atom is -0.368 e. The molecule has 1 heterocycles. The Morgan fingerprint density at radius 1 is 1.40 bits per heavy atom. The van der Waals surface area contributed by atoms with E-state index in [1.807, 2.05) is 6.92 Å². The zero-order valence-electron chi connectivity index (χ0n) is 6.54. The van der Waals surface area contributed by atoms with Crippen LogP contribution in [0.5, 0.6) is 0 Å². The molecule has 58 valence electrons. The van der Waals surface area contributed by atoms with Crippen LogP contribution in [0.1, 0.15) is 26.7 Å². The van der Waals surface area contributed by atoms with Crippen LogP contribution in [0, 0.1) is 5.92 Å². The lowest BCUT2D eigenvalue weighted by Crippen LogP contribution is -2.30. The van der Waals surface area contributed by atoms with Crippen molar-refractivity contribution in [1.82, 2.24) is 0 Å². The number of ether oxygens (including phenoxy) is 1. The van der Waals surface area contributed by atoms with Gasteiger partial charge >= 0.3 is 0 Å². The Morgan fingerprint density at radius 3 is 2.60 bits per heavy atom. The first-order valence-electron chi connectivity index (χ1n) is 3.83. The average Bonchev–Trinajstić information content (AvgIpc) is 1.85. The van der Waals surface area contributed by atoms with Crippen molar-refractivity contribution in [2.75, 3.05) is 0 Å². The van der Waals surface area contributed by atoms with Gasteiger partial charge in [0, 0.05) is 0 Å². The Bertz CT molecular complexity index is 112. The predicted molar refractivity (Wildman–Crippen MR) is 38.8 cm³/mol. The fraction of sp³-hybridized carbons (Fsp3) is 0.875. The van der Waals surface area contributed by atoms with Gasteiger partial charge < -0.3 is 9.53 Å². The van der Waals surface area contributed by atoms with Gasteiger partial charge in [0.15, 0.2) is 0 Å². The van der Waals surface area contributed by atoms with Gasteiger partial charge in [-0.25, -0.2) is 0 Å². The third-order valence-electron chi connectivity index (χ3n) is 1.93. The minimum absolute atomic E-state index is 0.140. The van der Waals surface area contributed by atoms with E-state index < -0.39 is 0 Å². The van der Waals surface area contributed by atoms with Crippen LogP contribution < -0.4 is 0 Å². The number of hydrogen-bond donors (Lipinski definition) is 0. The lowest BCUT2D eigenvalue weighted by Gasteiger charge is -2.28. The molecule has 2 nitrogen and oxygen atoms in total. The fourth-order valence-corrected chi connectivity index (χ4v) is 1.56. The molecule has 0 aromatic carbocycles. The molecule has 0 amide bonds. The molecule has 1 fully saturated rings. The molecule has 0 aromatic heterocycles. The molecule has 10 heavy (non-hydrogen) atoms. The Labute approximate surface area is 61.6 Å². The predicted octanol–water partition coefficient (Wildman–Crippen LogP) is 1.39. The van der Waals surface area contributed by atoms with Crippen molar-refractivity contribution >= 4 is 6.29 Å². The van der Waals surface area contributed by atoms with Crippen molar-refractivity contribution < 1.29 is 9.53 Å². The molecule has 0 radical (unpaired) electrons. The van der Waals surface area contributed by atoms with Gasteiger partial charge in [-0.05, 0) is 25.7 Å². The van der Waals surface area contributed by atoms with Crippen molar-refractivity contribution in [2.45, 2.75) is 38.9 Å². The molecule has 0 bridgehead atoms. The van der Waals surface area contributed by atoms with Crippen LogP contribution >= 0.6 is 0 Å². The zero-order valence-corrected chi connectivity index (χ0v) is 6.54. The molecule has 3 atom stereocenters. The second-order valence-electron chi connectivity index (χ2n) is 3.20. The number of carbonyl (C=O) groups is 1. The first-order valence-corrected chi connectivity index (χ1v) is 3.83. The standard InChI is InChI=1S/C8H14O2/c1-6-3-7(2)10-8(4-6)5-9/h5-8H,3-4H2,1-2H3. The highest BCUT2D eigenvalue weighted by Crippen LogP contribution is 2.22. The van der Waals surface area contributed by atoms with Crippen molar-refractivity contribution in [3.63, 3.8) is 0 Å². The topological polar surface area (TPSA) is 26.3 Å². The maximum absolute atomic E-state index is 10.3. The molecule has 1 aliphatic rings. The summed E-state index contributed by atoms with van der Waals surface area (Å²) in [5.74, 6) is 0.638. The first-order chi connectivity index (χ1) is 4.72. The Balaban J connectivity index is 2.42. The third kappa shape index (κ3) is 1.81. The van der Waals surface area contributed by atoms with Crippen molar-refractivity contribution in [3.05, 3.63) is 0 Å². The molecule has 1 rings (SSSR count). The summed E-state index contributed by atoms with van der Waals surface area (Å²) < 4.78 is 5.34. The summed E-state index contributed by atoms with van der Waals surface area (Å²) >= 11 is 0. The summed E-state index contributed by atoms with van der Waals surface area (Å²) in [5.41, 5.74) is 0. The van der Waals surface area contributed by atoms with Gasteiger partial charge in [-0.1, -0.05) is 6.92 Å². The van der Waals surface area contributed by atoms with Crippen LogP contribution in [0.4, 0.5) is 0 Å². The van der Waals surface area contributed by atoms with Crippen molar-refractivity contribution in [3.8, 4) is 0 Å². The quantitative estimate of drug-likeness (QED) is 0.517. The smallest absolute Gasteiger partial charge is 0.148 e. The van der Waals surface area contributed by atoms with E-state index >= 15 is 0 Å². The van der Waals surface area contributed by atoms with E-state index in [2.05, 4.69) is 6.92 Å². The molecular weight excluding hydrogens is 128 g/mol. The molecule has 1 aliphatic heterocycles. The monoisotopic (exact) mass is 142 g/mol. The highest BCUT2D eigenvalue weighted by atomic mass is 16.5. The van der Waals surface area contributed by atoms with E-state index in [4.69, 9.17) is 4.74 Å². The molecule has 0 aromatic rings. The molecule has 2 heteroatoms. The highest BCUT2D eigenvalue weighted by Gasteiger charge is 2.23. The summed E-state index contributed by atoms with van der Waals surface area (Å²) in [7, 11) is 0. The Hall–Kier alpha value is -0.370. The van der Waals surface area contributed by atoms with Crippen molar-refractivity contribution in [2.24, 2.45) is 5.92 Å². The van der Waals surface area contributed by atoms with Crippen LogP contribution in [0.3, 0.4) is 0 Å². The molecule has 3 unspecified atom stereocenters. The average molecular weight is 142 g/mol. The number of rotatable bonds is 1. The van der Waals surface area contributed by atoms with Crippen LogP contribution in [0.15, 0.2) is 0 Å². The van der Waals surface area contributed by atoms with E-state index in [-0.39, 0.29) is 12.2 Å². The van der Waals surface area contributed by atoms with Crippen LogP contribution in [0.2, 0.25) is 0 Å². The summed E-state index contributed by atoms with van der Waals surface area (Å²) in [6, 6.07) is 0. The molecule has 1 saturated heterocycles. The molecular formula is C8H14O2. The van der Waals surface area contributed by atoms with Gasteiger partial charge in [0.05, 0.1) is 6.10 Å². The maximum atomic E-state index is 10.3. The second kappa shape index (κ2) is 3.15.